The topological polar surface area (TPSA) is 38.8 Å². The number of halogens is 1. The van der Waals surface area contributed by atoms with E-state index in [1.54, 1.807) is 25.3 Å². The highest BCUT2D eigenvalue weighted by atomic mass is 79.9. The number of amides is 1. The van der Waals surface area contributed by atoms with E-state index in [1.807, 2.05) is 0 Å². The molecule has 19 heavy (non-hydrogen) atoms. The first-order valence-corrected chi connectivity index (χ1v) is 6.77. The van der Waals surface area contributed by atoms with Crippen molar-refractivity contribution in [2.75, 3.05) is 20.8 Å². The maximum absolute atomic E-state index is 12.3. The zero-order valence-electron chi connectivity index (χ0n) is 12.0. The number of hydroxylamine groups is 2. The predicted octanol–water partition coefficient (Wildman–Crippen LogP) is 3.51. The summed E-state index contributed by atoms with van der Waals surface area (Å²) in [7, 11) is 3.09. The number of hydrogen-bond donors (Lipinski definition) is 0. The molecule has 0 fully saturated rings. The van der Waals surface area contributed by atoms with E-state index in [9.17, 15) is 4.79 Å². The van der Waals surface area contributed by atoms with E-state index >= 15 is 0 Å². The highest BCUT2D eigenvalue weighted by molar-refractivity contribution is 9.10. The molecule has 1 aromatic rings. The normalized spacial score (nSPS) is 11.3. The van der Waals surface area contributed by atoms with E-state index in [0.29, 0.717) is 17.9 Å². The van der Waals surface area contributed by atoms with Gasteiger partial charge in [0.2, 0.25) is 0 Å². The van der Waals surface area contributed by atoms with Gasteiger partial charge in [-0.25, -0.2) is 5.06 Å². The third-order valence-corrected chi connectivity index (χ3v) is 3.08. The molecule has 0 aromatic heterocycles. The van der Waals surface area contributed by atoms with E-state index in [2.05, 4.69) is 36.7 Å². The van der Waals surface area contributed by atoms with E-state index < -0.39 is 0 Å². The van der Waals surface area contributed by atoms with Crippen LogP contribution >= 0.6 is 15.9 Å². The van der Waals surface area contributed by atoms with Crippen LogP contribution in [0.2, 0.25) is 0 Å². The molecular formula is C14H20BrNO3. The summed E-state index contributed by atoms with van der Waals surface area (Å²) in [5.74, 6) is 0.525. The minimum absolute atomic E-state index is 0.0324. The van der Waals surface area contributed by atoms with E-state index in [4.69, 9.17) is 9.57 Å². The number of rotatable bonds is 4. The number of carbonyl (C=O) groups excluding carboxylic acids is 1. The Hall–Kier alpha value is -1.07. The Balaban J connectivity index is 2.95. The monoisotopic (exact) mass is 329 g/mol. The average Bonchev–Trinajstić information content (AvgIpc) is 2.34. The van der Waals surface area contributed by atoms with Gasteiger partial charge in [-0.15, -0.1) is 0 Å². The van der Waals surface area contributed by atoms with Crippen LogP contribution in [-0.4, -0.2) is 31.7 Å². The fourth-order valence-corrected chi connectivity index (χ4v) is 2.13. The van der Waals surface area contributed by atoms with Crippen LogP contribution in [0.1, 0.15) is 31.1 Å². The van der Waals surface area contributed by atoms with Crippen LogP contribution in [0.25, 0.3) is 0 Å². The second-order valence-electron chi connectivity index (χ2n) is 5.43. The summed E-state index contributed by atoms with van der Waals surface area (Å²) in [6, 6.07) is 5.21. The summed E-state index contributed by atoms with van der Waals surface area (Å²) in [6.45, 7) is 6.68. The van der Waals surface area contributed by atoms with Crippen molar-refractivity contribution in [3.8, 4) is 5.75 Å². The van der Waals surface area contributed by atoms with Crippen molar-refractivity contribution in [1.29, 1.82) is 0 Å². The van der Waals surface area contributed by atoms with E-state index in [0.717, 1.165) is 4.47 Å². The predicted molar refractivity (Wildman–Crippen MR) is 78.2 cm³/mol. The summed E-state index contributed by atoms with van der Waals surface area (Å²) in [5, 5.41) is 1.37. The van der Waals surface area contributed by atoms with Gasteiger partial charge in [0.1, 0.15) is 5.75 Å². The van der Waals surface area contributed by atoms with E-state index in [-0.39, 0.29) is 11.3 Å². The fraction of sp³-hybridized carbons (Fsp3) is 0.500. The third kappa shape index (κ3) is 4.51. The van der Waals surface area contributed by atoms with Crippen LogP contribution in [0, 0.1) is 5.41 Å². The van der Waals surface area contributed by atoms with Crippen LogP contribution in [0.3, 0.4) is 0 Å². The lowest BCUT2D eigenvalue weighted by Gasteiger charge is -2.27. The number of ether oxygens (including phenoxy) is 1. The Bertz CT molecular complexity index is 454. The second kappa shape index (κ2) is 6.39. The lowest BCUT2D eigenvalue weighted by molar-refractivity contribution is -0.110. The lowest BCUT2D eigenvalue weighted by atomic mass is 9.96. The van der Waals surface area contributed by atoms with Gasteiger partial charge in [0.05, 0.1) is 25.2 Å². The molecule has 0 radical (unpaired) electrons. The van der Waals surface area contributed by atoms with Crippen molar-refractivity contribution in [2.24, 2.45) is 5.41 Å². The fourth-order valence-electron chi connectivity index (χ4n) is 1.59. The Kier molecular flexibility index (Phi) is 5.38. The Labute approximate surface area is 122 Å². The first-order chi connectivity index (χ1) is 8.78. The van der Waals surface area contributed by atoms with Crippen LogP contribution < -0.4 is 4.74 Å². The molecule has 0 N–H and O–H groups in total. The number of hydrogen-bond acceptors (Lipinski definition) is 3. The van der Waals surface area contributed by atoms with Crippen molar-refractivity contribution in [1.82, 2.24) is 5.06 Å². The molecule has 4 nitrogen and oxygen atoms in total. The van der Waals surface area contributed by atoms with Crippen LogP contribution in [-0.2, 0) is 4.84 Å². The van der Waals surface area contributed by atoms with Crippen LogP contribution in [0.4, 0.5) is 0 Å². The lowest BCUT2D eigenvalue weighted by Crippen LogP contribution is -2.36. The van der Waals surface area contributed by atoms with Gasteiger partial charge in [-0.3, -0.25) is 9.63 Å². The summed E-state index contributed by atoms with van der Waals surface area (Å²) in [6.07, 6.45) is 0. The molecule has 106 valence electrons. The van der Waals surface area contributed by atoms with Crippen molar-refractivity contribution >= 4 is 21.8 Å². The standard InChI is InChI=1S/C14H20BrNO3/c1-14(2,3)9-16(19-5)13(17)10-6-7-12(18-4)11(15)8-10/h6-8H,9H2,1-5H3. The molecule has 0 saturated heterocycles. The van der Waals surface area contributed by atoms with Crippen molar-refractivity contribution < 1.29 is 14.4 Å². The summed E-state index contributed by atoms with van der Waals surface area (Å²) in [4.78, 5) is 17.5. The molecule has 0 unspecified atom stereocenters. The van der Waals surface area contributed by atoms with Gasteiger partial charge in [-0.2, -0.15) is 0 Å². The van der Waals surface area contributed by atoms with Gasteiger partial charge in [-0.1, -0.05) is 20.8 Å². The van der Waals surface area contributed by atoms with Gasteiger partial charge >= 0.3 is 0 Å². The van der Waals surface area contributed by atoms with Gasteiger partial charge in [0, 0.05) is 5.56 Å². The van der Waals surface area contributed by atoms with Gasteiger partial charge in [-0.05, 0) is 39.5 Å². The minimum atomic E-state index is -0.166. The number of carbonyl (C=O) groups is 1. The molecule has 0 atom stereocenters. The van der Waals surface area contributed by atoms with Crippen molar-refractivity contribution in [3.63, 3.8) is 0 Å². The molecule has 0 aliphatic carbocycles. The summed E-state index contributed by atoms with van der Waals surface area (Å²) >= 11 is 3.37. The number of benzene rings is 1. The summed E-state index contributed by atoms with van der Waals surface area (Å²) in [5.41, 5.74) is 0.522. The van der Waals surface area contributed by atoms with Crippen molar-refractivity contribution in [2.45, 2.75) is 20.8 Å². The first kappa shape index (κ1) is 16.0. The largest absolute Gasteiger partial charge is 0.496 e. The zero-order valence-corrected chi connectivity index (χ0v) is 13.6. The molecule has 0 aliphatic heterocycles. The van der Waals surface area contributed by atoms with Crippen LogP contribution in [0.15, 0.2) is 22.7 Å². The maximum Gasteiger partial charge on any atom is 0.277 e. The molecule has 0 bridgehead atoms. The Morgan fingerprint density at radius 2 is 1.95 bits per heavy atom. The second-order valence-corrected chi connectivity index (χ2v) is 6.29. The SMILES string of the molecule is COc1ccc(C(=O)N(CC(C)(C)C)OC)cc1Br. The molecule has 0 aliphatic rings. The summed E-state index contributed by atoms with van der Waals surface area (Å²) < 4.78 is 5.89. The van der Waals surface area contributed by atoms with Gasteiger partial charge in [0.25, 0.3) is 5.91 Å². The average molecular weight is 330 g/mol. The molecule has 0 saturated carbocycles. The highest BCUT2D eigenvalue weighted by Gasteiger charge is 2.22. The van der Waals surface area contributed by atoms with Gasteiger partial charge < -0.3 is 4.74 Å². The molecule has 0 spiro atoms. The molecule has 1 amide bonds. The quantitative estimate of drug-likeness (QED) is 0.793. The smallest absolute Gasteiger partial charge is 0.277 e. The van der Waals surface area contributed by atoms with Crippen LogP contribution in [0.5, 0.6) is 5.75 Å². The highest BCUT2D eigenvalue weighted by Crippen LogP contribution is 2.26. The van der Waals surface area contributed by atoms with E-state index in [1.165, 1.54) is 12.2 Å². The Morgan fingerprint density at radius 3 is 2.37 bits per heavy atom. The molecule has 1 aromatic carbocycles. The zero-order chi connectivity index (χ0) is 14.6. The molecule has 0 heterocycles. The van der Waals surface area contributed by atoms with Crippen molar-refractivity contribution in [3.05, 3.63) is 28.2 Å². The Morgan fingerprint density at radius 1 is 1.32 bits per heavy atom. The number of nitrogens with zero attached hydrogens (tertiary/aromatic N) is 1. The van der Waals surface area contributed by atoms with Gasteiger partial charge in [0.15, 0.2) is 0 Å². The molecule has 1 rings (SSSR count). The maximum atomic E-state index is 12.3. The first-order valence-electron chi connectivity index (χ1n) is 5.98. The molecular weight excluding hydrogens is 310 g/mol. The number of methoxy groups -OCH3 is 1. The molecule has 5 heteroatoms. The third-order valence-electron chi connectivity index (χ3n) is 2.46. The minimum Gasteiger partial charge on any atom is -0.496 e.